The van der Waals surface area contributed by atoms with Gasteiger partial charge in [0, 0.05) is 48.9 Å². The first-order valence-electron chi connectivity index (χ1n) is 14.7. The molecule has 13 heteroatoms. The van der Waals surface area contributed by atoms with Crippen molar-refractivity contribution in [1.82, 2.24) is 9.47 Å². The first-order valence-corrected chi connectivity index (χ1v) is 14.7. The SMILES string of the molecule is COc1cc(CC(=O)O)ccc1OC1CCN(CC(O)(c2cn(C(C)c3ccccc3)c3cc([N+](=O)[O-])ccc23)C(F)(F)F)CC1. The predicted molar refractivity (Wildman–Crippen MR) is 163 cm³/mol. The Kier molecular flexibility index (Phi) is 9.27. The summed E-state index contributed by atoms with van der Waals surface area (Å²) in [6, 6.07) is 17.0. The average molecular weight is 642 g/mol. The van der Waals surface area contributed by atoms with Crippen LogP contribution in [-0.2, 0) is 16.8 Å². The molecule has 0 radical (unpaired) electrons. The summed E-state index contributed by atoms with van der Waals surface area (Å²) in [5.41, 5.74) is -2.41. The van der Waals surface area contributed by atoms with Crippen molar-refractivity contribution in [2.24, 2.45) is 0 Å². The molecule has 2 N–H and O–H groups in total. The number of likely N-dealkylation sites (tertiary alicyclic amines) is 1. The number of nitrogens with zero attached hydrogens (tertiary/aromatic N) is 3. The monoisotopic (exact) mass is 641 g/mol. The highest BCUT2D eigenvalue weighted by Gasteiger charge is 2.57. The largest absolute Gasteiger partial charge is 0.493 e. The average Bonchev–Trinajstić information content (AvgIpc) is 3.41. The highest BCUT2D eigenvalue weighted by atomic mass is 19.4. The van der Waals surface area contributed by atoms with Gasteiger partial charge in [-0.2, -0.15) is 13.2 Å². The van der Waals surface area contributed by atoms with Crippen LogP contribution in [0.25, 0.3) is 10.9 Å². The number of alkyl halides is 3. The lowest BCUT2D eigenvalue weighted by molar-refractivity contribution is -0.384. The zero-order valence-corrected chi connectivity index (χ0v) is 25.2. The number of halogens is 3. The van der Waals surface area contributed by atoms with Crippen LogP contribution in [0.3, 0.4) is 0 Å². The molecule has 2 unspecified atom stereocenters. The quantitative estimate of drug-likeness (QED) is 0.149. The molecule has 1 aliphatic rings. The molecule has 3 aromatic carbocycles. The van der Waals surface area contributed by atoms with Gasteiger partial charge in [-0.25, -0.2) is 0 Å². The van der Waals surface area contributed by atoms with Crippen LogP contribution in [0.5, 0.6) is 11.5 Å². The van der Waals surface area contributed by atoms with E-state index in [4.69, 9.17) is 14.6 Å². The summed E-state index contributed by atoms with van der Waals surface area (Å²) in [7, 11) is 1.43. The summed E-state index contributed by atoms with van der Waals surface area (Å²) in [4.78, 5) is 23.6. The van der Waals surface area contributed by atoms with Crippen molar-refractivity contribution in [3.8, 4) is 11.5 Å². The Morgan fingerprint density at radius 2 is 1.76 bits per heavy atom. The highest BCUT2D eigenvalue weighted by Crippen LogP contribution is 2.45. The number of aliphatic hydroxyl groups is 1. The third-order valence-electron chi connectivity index (χ3n) is 8.51. The molecule has 2 heterocycles. The lowest BCUT2D eigenvalue weighted by atomic mass is 9.91. The molecular weight excluding hydrogens is 607 g/mol. The van der Waals surface area contributed by atoms with E-state index in [1.165, 1.54) is 30.3 Å². The van der Waals surface area contributed by atoms with E-state index in [1.807, 2.05) is 18.2 Å². The first kappa shape index (κ1) is 32.8. The number of rotatable bonds is 11. The van der Waals surface area contributed by atoms with Crippen molar-refractivity contribution in [1.29, 1.82) is 0 Å². The Labute approximate surface area is 262 Å². The number of carbonyl (C=O) groups is 1. The van der Waals surface area contributed by atoms with E-state index >= 15 is 0 Å². The van der Waals surface area contributed by atoms with Gasteiger partial charge in [-0.1, -0.05) is 36.4 Å². The number of ether oxygens (including phenoxy) is 2. The molecule has 0 amide bonds. The molecule has 0 saturated carbocycles. The van der Waals surface area contributed by atoms with Crippen molar-refractivity contribution in [2.75, 3.05) is 26.7 Å². The maximum Gasteiger partial charge on any atom is 0.422 e. The number of hydrogen-bond acceptors (Lipinski definition) is 7. The van der Waals surface area contributed by atoms with Gasteiger partial charge in [0.05, 0.1) is 30.0 Å². The smallest absolute Gasteiger partial charge is 0.422 e. The first-order chi connectivity index (χ1) is 21.8. The Bertz CT molecular complexity index is 1720. The number of nitro groups is 1. The number of non-ortho nitro benzene ring substituents is 1. The predicted octanol–water partition coefficient (Wildman–Crippen LogP) is 6.09. The Morgan fingerprint density at radius 3 is 2.37 bits per heavy atom. The van der Waals surface area contributed by atoms with Crippen LogP contribution in [0, 0.1) is 10.1 Å². The van der Waals surface area contributed by atoms with Gasteiger partial charge in [-0.15, -0.1) is 0 Å². The fourth-order valence-corrected chi connectivity index (χ4v) is 6.01. The highest BCUT2D eigenvalue weighted by molar-refractivity contribution is 5.87. The third kappa shape index (κ3) is 6.65. The Morgan fingerprint density at radius 1 is 1.07 bits per heavy atom. The Hall–Kier alpha value is -4.62. The van der Waals surface area contributed by atoms with Gasteiger partial charge in [-0.3, -0.25) is 19.8 Å². The minimum absolute atomic E-state index is 0.0739. The molecule has 2 atom stereocenters. The summed E-state index contributed by atoms with van der Waals surface area (Å²) in [5.74, 6) is -0.233. The summed E-state index contributed by atoms with van der Waals surface area (Å²) in [6.07, 6.45) is -3.60. The van der Waals surface area contributed by atoms with E-state index in [0.717, 1.165) is 11.6 Å². The van der Waals surface area contributed by atoms with Gasteiger partial charge in [0.1, 0.15) is 6.10 Å². The number of piperidine rings is 1. The number of fused-ring (bicyclic) bond motifs is 1. The van der Waals surface area contributed by atoms with E-state index in [1.54, 1.807) is 41.8 Å². The lowest BCUT2D eigenvalue weighted by Crippen LogP contribution is -2.53. The number of hydrogen-bond donors (Lipinski definition) is 2. The van der Waals surface area contributed by atoms with Crippen LogP contribution in [0.4, 0.5) is 18.9 Å². The fraction of sp³-hybridized carbons (Fsp3) is 0.364. The number of aliphatic carboxylic acids is 1. The van der Waals surface area contributed by atoms with E-state index in [0.29, 0.717) is 29.9 Å². The van der Waals surface area contributed by atoms with Crippen LogP contribution in [0.1, 0.15) is 42.5 Å². The van der Waals surface area contributed by atoms with E-state index < -0.39 is 35.3 Å². The van der Waals surface area contributed by atoms with Crippen molar-refractivity contribution in [3.63, 3.8) is 0 Å². The zero-order chi connectivity index (χ0) is 33.2. The molecule has 1 aromatic heterocycles. The van der Waals surface area contributed by atoms with Gasteiger partial charge < -0.3 is 24.3 Å². The van der Waals surface area contributed by atoms with Crippen LogP contribution in [0.2, 0.25) is 0 Å². The molecule has 10 nitrogen and oxygen atoms in total. The van der Waals surface area contributed by atoms with E-state index in [2.05, 4.69) is 0 Å². The molecule has 0 bridgehead atoms. The Balaban J connectivity index is 1.40. The number of carboxylic acid groups (broad SMARTS) is 1. The molecule has 1 aliphatic heterocycles. The molecule has 0 aliphatic carbocycles. The summed E-state index contributed by atoms with van der Waals surface area (Å²) >= 11 is 0. The third-order valence-corrected chi connectivity index (χ3v) is 8.51. The van der Waals surface area contributed by atoms with Crippen molar-refractivity contribution in [3.05, 3.63) is 99.7 Å². The van der Waals surface area contributed by atoms with Gasteiger partial charge in [0.15, 0.2) is 11.5 Å². The van der Waals surface area contributed by atoms with E-state index in [-0.39, 0.29) is 47.8 Å². The topological polar surface area (TPSA) is 127 Å². The van der Waals surface area contributed by atoms with Gasteiger partial charge in [-0.05, 0) is 49.1 Å². The van der Waals surface area contributed by atoms with Crippen molar-refractivity contribution in [2.45, 2.75) is 50.1 Å². The van der Waals surface area contributed by atoms with Crippen LogP contribution < -0.4 is 9.47 Å². The number of carboxylic acids is 1. The fourth-order valence-electron chi connectivity index (χ4n) is 6.01. The summed E-state index contributed by atoms with van der Waals surface area (Å²) in [5, 5.41) is 32.3. The van der Waals surface area contributed by atoms with Gasteiger partial charge in [0.25, 0.3) is 5.69 Å². The minimum atomic E-state index is -5.07. The number of β-amino-alcohol motifs (C(OH)–C–C–N with tert-alkyl or cyclic N) is 1. The minimum Gasteiger partial charge on any atom is -0.493 e. The number of aromatic nitrogens is 1. The van der Waals surface area contributed by atoms with Crippen LogP contribution >= 0.6 is 0 Å². The second kappa shape index (κ2) is 13.0. The van der Waals surface area contributed by atoms with Crippen LogP contribution in [0.15, 0.2) is 72.9 Å². The maximum atomic E-state index is 14.9. The molecule has 0 spiro atoms. The summed E-state index contributed by atoms with van der Waals surface area (Å²) < 4.78 is 57.7. The van der Waals surface area contributed by atoms with Crippen molar-refractivity contribution >= 4 is 22.6 Å². The van der Waals surface area contributed by atoms with Crippen LogP contribution in [-0.4, -0.2) is 69.6 Å². The molecule has 4 aromatic rings. The van der Waals surface area contributed by atoms with E-state index in [9.17, 15) is 33.2 Å². The second-order valence-corrected chi connectivity index (χ2v) is 11.5. The summed E-state index contributed by atoms with van der Waals surface area (Å²) in [6.45, 7) is 1.44. The van der Waals surface area contributed by atoms with Gasteiger partial charge >= 0.3 is 12.1 Å². The molecule has 1 fully saturated rings. The molecule has 5 rings (SSSR count). The molecule has 244 valence electrons. The van der Waals surface area contributed by atoms with Crippen molar-refractivity contribution < 1.29 is 42.6 Å². The second-order valence-electron chi connectivity index (χ2n) is 11.5. The maximum absolute atomic E-state index is 14.9. The normalized spacial score (nSPS) is 16.6. The molecule has 1 saturated heterocycles. The van der Waals surface area contributed by atoms with Gasteiger partial charge in [0.2, 0.25) is 5.60 Å². The number of nitro benzene ring substituents is 1. The standard InChI is InChI=1S/C33H34F3N3O7/c1-21(23-6-4-3-5-7-23)38-19-27(26-10-9-24(39(43)44)18-28(26)38)32(42,33(34,35)36)20-37-14-12-25(13-15-37)46-29-11-8-22(17-31(40)41)16-30(29)45-2/h3-11,16,18-19,21,25,42H,12-15,17,20H2,1-2H3,(H,40,41). The molecule has 46 heavy (non-hydrogen) atoms. The number of methoxy groups -OCH3 is 1. The number of benzene rings is 3. The lowest BCUT2D eigenvalue weighted by Gasteiger charge is -2.39. The molecular formula is C33H34F3N3O7. The zero-order valence-electron chi connectivity index (χ0n) is 25.2.